The minimum atomic E-state index is -3.38. The summed E-state index contributed by atoms with van der Waals surface area (Å²) in [6.45, 7) is 3.93. The Bertz CT molecular complexity index is 448. The van der Waals surface area contributed by atoms with Crippen LogP contribution in [-0.2, 0) is 10.0 Å². The summed E-state index contributed by atoms with van der Waals surface area (Å²) in [6.07, 6.45) is 1.99. The molecule has 0 aliphatic carbocycles. The Labute approximate surface area is 100 Å². The van der Waals surface area contributed by atoms with E-state index < -0.39 is 10.0 Å². The highest BCUT2D eigenvalue weighted by Crippen LogP contribution is 2.09. The number of aromatic nitrogens is 2. The zero-order valence-electron chi connectivity index (χ0n) is 9.14. The van der Waals surface area contributed by atoms with Gasteiger partial charge in [-0.15, -0.1) is 0 Å². The molecule has 0 unspecified atom stereocenters. The van der Waals surface area contributed by atoms with E-state index >= 15 is 0 Å². The number of anilines is 1. The molecule has 1 aromatic rings. The Balaban J connectivity index is 2.66. The maximum atomic E-state index is 11.6. The fourth-order valence-corrected chi connectivity index (χ4v) is 2.36. The maximum absolute atomic E-state index is 11.6. The highest BCUT2D eigenvalue weighted by molar-refractivity contribution is 7.92. The molecule has 0 aliphatic heterocycles. The van der Waals surface area contributed by atoms with E-state index in [1.165, 1.54) is 12.3 Å². The second-order valence-corrected chi connectivity index (χ2v) is 6.04. The highest BCUT2D eigenvalue weighted by Gasteiger charge is 2.12. The van der Waals surface area contributed by atoms with Gasteiger partial charge in [-0.2, -0.15) is 0 Å². The Hall–Kier alpha value is -0.880. The Morgan fingerprint density at radius 2 is 2.19 bits per heavy atom. The van der Waals surface area contributed by atoms with Crippen molar-refractivity contribution in [3.05, 3.63) is 17.4 Å². The van der Waals surface area contributed by atoms with Gasteiger partial charge in [-0.05, 0) is 18.4 Å². The summed E-state index contributed by atoms with van der Waals surface area (Å²) in [7, 11) is -3.38. The van der Waals surface area contributed by atoms with E-state index in [0.717, 1.165) is 0 Å². The summed E-state index contributed by atoms with van der Waals surface area (Å²) in [4.78, 5) is 7.52. The van der Waals surface area contributed by atoms with Crippen molar-refractivity contribution in [2.24, 2.45) is 5.92 Å². The lowest BCUT2D eigenvalue weighted by atomic mass is 10.2. The largest absolute Gasteiger partial charge is 0.251 e. The quantitative estimate of drug-likeness (QED) is 0.824. The minimum absolute atomic E-state index is 0.0104. The van der Waals surface area contributed by atoms with E-state index in [9.17, 15) is 8.42 Å². The van der Waals surface area contributed by atoms with Gasteiger partial charge in [0.1, 0.15) is 5.15 Å². The van der Waals surface area contributed by atoms with Gasteiger partial charge in [0, 0.05) is 6.20 Å². The molecule has 0 spiro atoms. The van der Waals surface area contributed by atoms with E-state index in [0.29, 0.717) is 12.3 Å². The lowest BCUT2D eigenvalue weighted by molar-refractivity contribution is 0.577. The van der Waals surface area contributed by atoms with Crippen LogP contribution in [-0.4, -0.2) is 24.1 Å². The first kappa shape index (κ1) is 13.2. The molecule has 16 heavy (non-hydrogen) atoms. The minimum Gasteiger partial charge on any atom is -0.251 e. The average molecular weight is 264 g/mol. The summed E-state index contributed by atoms with van der Waals surface area (Å²) in [5, 5.41) is 0.205. The summed E-state index contributed by atoms with van der Waals surface area (Å²) in [6, 6.07) is 1.48. The maximum Gasteiger partial charge on any atom is 0.237 e. The van der Waals surface area contributed by atoms with Crippen LogP contribution in [0.4, 0.5) is 5.95 Å². The summed E-state index contributed by atoms with van der Waals surface area (Å²) in [5.74, 6) is 0.397. The lowest BCUT2D eigenvalue weighted by Crippen LogP contribution is -2.19. The van der Waals surface area contributed by atoms with Crippen molar-refractivity contribution < 1.29 is 8.42 Å². The van der Waals surface area contributed by atoms with Crippen LogP contribution in [0.5, 0.6) is 0 Å². The predicted molar refractivity (Wildman–Crippen MR) is 63.9 cm³/mol. The first-order valence-electron chi connectivity index (χ1n) is 4.88. The van der Waals surface area contributed by atoms with Crippen LogP contribution in [0.25, 0.3) is 0 Å². The van der Waals surface area contributed by atoms with Crippen LogP contribution >= 0.6 is 11.6 Å². The van der Waals surface area contributed by atoms with E-state index in [4.69, 9.17) is 11.6 Å². The summed E-state index contributed by atoms with van der Waals surface area (Å²) in [5.41, 5.74) is 0. The third kappa shape index (κ3) is 4.76. The molecule has 0 aliphatic rings. The van der Waals surface area contributed by atoms with Gasteiger partial charge in [0.05, 0.1) is 5.75 Å². The third-order valence-electron chi connectivity index (χ3n) is 1.83. The summed E-state index contributed by atoms with van der Waals surface area (Å²) < 4.78 is 25.4. The first-order valence-corrected chi connectivity index (χ1v) is 6.91. The molecule has 5 nitrogen and oxygen atoms in total. The number of hydrogen-bond acceptors (Lipinski definition) is 4. The number of rotatable bonds is 5. The molecule has 0 aromatic carbocycles. The molecule has 1 rings (SSSR count). The zero-order valence-corrected chi connectivity index (χ0v) is 10.7. The highest BCUT2D eigenvalue weighted by atomic mass is 35.5. The first-order chi connectivity index (χ1) is 7.39. The Morgan fingerprint density at radius 3 is 2.75 bits per heavy atom. The number of nitrogens with zero attached hydrogens (tertiary/aromatic N) is 2. The van der Waals surface area contributed by atoms with E-state index in [1.54, 1.807) is 0 Å². The second-order valence-electron chi connectivity index (χ2n) is 3.81. The molecule has 0 radical (unpaired) electrons. The van der Waals surface area contributed by atoms with Crippen molar-refractivity contribution in [1.82, 2.24) is 9.97 Å². The Morgan fingerprint density at radius 1 is 1.50 bits per heavy atom. The zero-order chi connectivity index (χ0) is 12.2. The van der Waals surface area contributed by atoms with Gasteiger partial charge in [0.2, 0.25) is 16.0 Å². The predicted octanol–water partition coefficient (Wildman–Crippen LogP) is 1.92. The molecule has 90 valence electrons. The lowest BCUT2D eigenvalue weighted by Gasteiger charge is -2.07. The molecule has 1 N–H and O–H groups in total. The molecule has 0 saturated carbocycles. The number of sulfonamides is 1. The number of hydrogen-bond donors (Lipinski definition) is 1. The Kier molecular flexibility index (Phi) is 4.49. The summed E-state index contributed by atoms with van der Waals surface area (Å²) >= 11 is 5.62. The molecular weight excluding hydrogens is 250 g/mol. The van der Waals surface area contributed by atoms with E-state index in [-0.39, 0.29) is 16.9 Å². The van der Waals surface area contributed by atoms with Crippen LogP contribution in [0.3, 0.4) is 0 Å². The van der Waals surface area contributed by atoms with Crippen LogP contribution in [0.15, 0.2) is 12.3 Å². The molecule has 0 saturated heterocycles. The van der Waals surface area contributed by atoms with Gasteiger partial charge in [-0.3, -0.25) is 4.72 Å². The monoisotopic (exact) mass is 263 g/mol. The van der Waals surface area contributed by atoms with Gasteiger partial charge in [-0.25, -0.2) is 18.4 Å². The molecule has 7 heteroatoms. The molecule has 0 atom stereocenters. The van der Waals surface area contributed by atoms with Crippen LogP contribution in [0.2, 0.25) is 5.15 Å². The average Bonchev–Trinajstić information content (AvgIpc) is 2.14. The van der Waals surface area contributed by atoms with Crippen molar-refractivity contribution in [3.8, 4) is 0 Å². The molecule has 1 heterocycles. The smallest absolute Gasteiger partial charge is 0.237 e. The van der Waals surface area contributed by atoms with Crippen molar-refractivity contribution in [1.29, 1.82) is 0 Å². The number of nitrogens with one attached hydrogen (secondary N) is 1. The van der Waals surface area contributed by atoms with E-state index in [2.05, 4.69) is 14.7 Å². The molecule has 0 bridgehead atoms. The van der Waals surface area contributed by atoms with Crippen molar-refractivity contribution in [3.63, 3.8) is 0 Å². The molecule has 0 fully saturated rings. The second kappa shape index (κ2) is 5.45. The van der Waals surface area contributed by atoms with Crippen LogP contribution in [0.1, 0.15) is 20.3 Å². The molecule has 1 aromatic heterocycles. The topological polar surface area (TPSA) is 72.0 Å². The van der Waals surface area contributed by atoms with Crippen molar-refractivity contribution in [2.45, 2.75) is 20.3 Å². The molecule has 0 amide bonds. The van der Waals surface area contributed by atoms with E-state index in [1.807, 2.05) is 13.8 Å². The van der Waals surface area contributed by atoms with Gasteiger partial charge in [0.15, 0.2) is 0 Å². The fourth-order valence-electron chi connectivity index (χ4n) is 0.967. The standard InChI is InChI=1S/C9H14ClN3O2S/c1-7(2)4-6-16(14,15)13-9-11-5-3-8(10)12-9/h3,5,7H,4,6H2,1-2H3,(H,11,12,13). The van der Waals surface area contributed by atoms with Crippen molar-refractivity contribution in [2.75, 3.05) is 10.5 Å². The fraction of sp³-hybridized carbons (Fsp3) is 0.556. The van der Waals surface area contributed by atoms with Crippen LogP contribution < -0.4 is 4.72 Å². The number of halogens is 1. The van der Waals surface area contributed by atoms with Crippen LogP contribution in [0, 0.1) is 5.92 Å². The van der Waals surface area contributed by atoms with Crippen molar-refractivity contribution >= 4 is 27.6 Å². The van der Waals surface area contributed by atoms with Gasteiger partial charge >= 0.3 is 0 Å². The van der Waals surface area contributed by atoms with Gasteiger partial charge in [-0.1, -0.05) is 25.4 Å². The van der Waals surface area contributed by atoms with Gasteiger partial charge < -0.3 is 0 Å². The third-order valence-corrected chi connectivity index (χ3v) is 3.31. The normalized spacial score (nSPS) is 11.8. The SMILES string of the molecule is CC(C)CCS(=O)(=O)Nc1nccc(Cl)n1. The van der Waals surface area contributed by atoms with Gasteiger partial charge in [0.25, 0.3) is 0 Å². The molecular formula is C9H14ClN3O2S.